The zero-order valence-corrected chi connectivity index (χ0v) is 17.2. The lowest BCUT2D eigenvalue weighted by atomic mass is 10.0. The molecule has 158 valence electrons. The molecule has 4 rings (SSSR count). The number of fused-ring (bicyclic) bond motifs is 1. The summed E-state index contributed by atoms with van der Waals surface area (Å²) in [6.07, 6.45) is 0.0700. The van der Waals surface area contributed by atoms with Gasteiger partial charge >= 0.3 is 0 Å². The van der Waals surface area contributed by atoms with Crippen molar-refractivity contribution in [2.45, 2.75) is 25.6 Å². The number of rotatable bonds is 7. The van der Waals surface area contributed by atoms with E-state index in [4.69, 9.17) is 4.74 Å². The first-order valence-electron chi connectivity index (χ1n) is 10.1. The maximum absolute atomic E-state index is 13.5. The Bertz CT molecular complexity index is 1100. The van der Waals surface area contributed by atoms with Crippen LogP contribution in [0.15, 0.2) is 72.8 Å². The maximum Gasteiger partial charge on any atom is 0.255 e. The molecule has 2 amide bonds. The molecule has 5 nitrogen and oxygen atoms in total. The molecule has 0 saturated heterocycles. The predicted molar refractivity (Wildman–Crippen MR) is 115 cm³/mol. The molecule has 31 heavy (non-hydrogen) atoms. The highest BCUT2D eigenvalue weighted by Gasteiger charge is 2.34. The summed E-state index contributed by atoms with van der Waals surface area (Å²) in [5.74, 6) is 0.00801. The number of methoxy groups -OCH3 is 1. The number of ether oxygens (including phenoxy) is 1. The van der Waals surface area contributed by atoms with Crippen LogP contribution in [0.5, 0.6) is 5.75 Å². The van der Waals surface area contributed by atoms with Crippen molar-refractivity contribution in [2.24, 2.45) is 0 Å². The van der Waals surface area contributed by atoms with E-state index < -0.39 is 6.04 Å². The minimum Gasteiger partial charge on any atom is -0.496 e. The number of amides is 2. The van der Waals surface area contributed by atoms with Gasteiger partial charge in [0, 0.05) is 24.2 Å². The molecule has 0 bridgehead atoms. The van der Waals surface area contributed by atoms with Crippen molar-refractivity contribution < 1.29 is 18.7 Å². The molecule has 1 aliphatic rings. The highest BCUT2D eigenvalue weighted by atomic mass is 19.1. The maximum atomic E-state index is 13.5. The number of nitrogens with one attached hydrogen (secondary N) is 1. The standard InChI is InChI=1S/C25H23FN2O3/c1-31-23-9-5-3-6-18(23)15-27-24(29)14-22(17-10-12-20(26)13-11-17)28-16-19-7-2-4-8-21(19)25(28)30/h2-13,22H,14-16H2,1H3,(H,27,29)/t22-/m0/s1. The lowest BCUT2D eigenvalue weighted by molar-refractivity contribution is -0.122. The molecule has 0 spiro atoms. The molecule has 1 heterocycles. The number of carbonyl (C=O) groups is 2. The summed E-state index contributed by atoms with van der Waals surface area (Å²) in [5, 5.41) is 2.91. The molecule has 0 saturated carbocycles. The summed E-state index contributed by atoms with van der Waals surface area (Å²) in [4.78, 5) is 27.5. The Labute approximate surface area is 180 Å². The molecule has 0 aromatic heterocycles. The Balaban J connectivity index is 1.53. The molecule has 1 atom stereocenters. The van der Waals surface area contributed by atoms with Crippen molar-refractivity contribution in [3.8, 4) is 5.75 Å². The topological polar surface area (TPSA) is 58.6 Å². The lowest BCUT2D eigenvalue weighted by Gasteiger charge is -2.28. The summed E-state index contributed by atoms with van der Waals surface area (Å²) < 4.78 is 18.8. The van der Waals surface area contributed by atoms with Crippen molar-refractivity contribution >= 4 is 11.8 Å². The van der Waals surface area contributed by atoms with Gasteiger partial charge in [-0.1, -0.05) is 48.5 Å². The van der Waals surface area contributed by atoms with Gasteiger partial charge in [-0.2, -0.15) is 0 Å². The summed E-state index contributed by atoms with van der Waals surface area (Å²) >= 11 is 0. The van der Waals surface area contributed by atoms with E-state index in [0.29, 0.717) is 24.4 Å². The zero-order chi connectivity index (χ0) is 21.8. The van der Waals surface area contributed by atoms with Crippen molar-refractivity contribution in [2.75, 3.05) is 7.11 Å². The Morgan fingerprint density at radius 1 is 1.06 bits per heavy atom. The monoisotopic (exact) mass is 418 g/mol. The van der Waals surface area contributed by atoms with Gasteiger partial charge in [0.2, 0.25) is 5.91 Å². The Hall–Kier alpha value is -3.67. The van der Waals surface area contributed by atoms with Crippen LogP contribution >= 0.6 is 0 Å². The largest absolute Gasteiger partial charge is 0.496 e. The highest BCUT2D eigenvalue weighted by Crippen LogP contribution is 2.33. The van der Waals surface area contributed by atoms with Crippen molar-refractivity contribution in [1.29, 1.82) is 0 Å². The molecule has 1 aliphatic heterocycles. The van der Waals surface area contributed by atoms with E-state index >= 15 is 0 Å². The van der Waals surface area contributed by atoms with Gasteiger partial charge in [0.15, 0.2) is 0 Å². The van der Waals surface area contributed by atoms with Crippen molar-refractivity contribution in [3.05, 3.63) is 101 Å². The number of carbonyl (C=O) groups excluding carboxylic acids is 2. The van der Waals surface area contributed by atoms with Gasteiger partial charge in [-0.05, 0) is 35.4 Å². The molecule has 6 heteroatoms. The third-order valence-electron chi connectivity index (χ3n) is 5.53. The summed E-state index contributed by atoms with van der Waals surface area (Å²) in [7, 11) is 1.59. The van der Waals surface area contributed by atoms with E-state index in [1.54, 1.807) is 30.2 Å². The zero-order valence-electron chi connectivity index (χ0n) is 17.2. The first-order valence-corrected chi connectivity index (χ1v) is 10.1. The van der Waals surface area contributed by atoms with Crippen LogP contribution in [0.3, 0.4) is 0 Å². The van der Waals surface area contributed by atoms with E-state index in [9.17, 15) is 14.0 Å². The fraction of sp³-hybridized carbons (Fsp3) is 0.200. The average molecular weight is 418 g/mol. The molecule has 0 aliphatic carbocycles. The van der Waals surface area contributed by atoms with Crippen LogP contribution in [-0.2, 0) is 17.9 Å². The van der Waals surface area contributed by atoms with Crippen LogP contribution < -0.4 is 10.1 Å². The molecule has 3 aromatic rings. The second-order valence-corrected chi connectivity index (χ2v) is 7.45. The number of benzene rings is 3. The second-order valence-electron chi connectivity index (χ2n) is 7.45. The van der Waals surface area contributed by atoms with Gasteiger partial charge < -0.3 is 15.0 Å². The Kier molecular flexibility index (Phi) is 5.98. The van der Waals surface area contributed by atoms with Crippen molar-refractivity contribution in [3.63, 3.8) is 0 Å². The van der Waals surface area contributed by atoms with Crippen LogP contribution in [0.4, 0.5) is 4.39 Å². The number of para-hydroxylation sites is 1. The number of hydrogen-bond donors (Lipinski definition) is 1. The fourth-order valence-electron chi connectivity index (χ4n) is 3.91. The van der Waals surface area contributed by atoms with E-state index in [2.05, 4.69) is 5.32 Å². The number of nitrogens with zero attached hydrogens (tertiary/aromatic N) is 1. The Morgan fingerprint density at radius 2 is 1.77 bits per heavy atom. The van der Waals surface area contributed by atoms with Crippen LogP contribution in [-0.4, -0.2) is 23.8 Å². The van der Waals surface area contributed by atoms with Gasteiger partial charge in [0.25, 0.3) is 5.91 Å². The van der Waals surface area contributed by atoms with E-state index in [1.165, 1.54) is 12.1 Å². The van der Waals surface area contributed by atoms with Gasteiger partial charge in [0.05, 0.1) is 19.6 Å². The normalized spacial score (nSPS) is 13.6. The molecule has 0 radical (unpaired) electrons. The second kappa shape index (κ2) is 9.00. The summed E-state index contributed by atoms with van der Waals surface area (Å²) in [5.41, 5.74) is 3.15. The Morgan fingerprint density at radius 3 is 2.52 bits per heavy atom. The van der Waals surface area contributed by atoms with Gasteiger partial charge in [0.1, 0.15) is 11.6 Å². The third kappa shape index (κ3) is 4.43. The van der Waals surface area contributed by atoms with E-state index in [-0.39, 0.29) is 24.1 Å². The fourth-order valence-corrected chi connectivity index (χ4v) is 3.91. The smallest absolute Gasteiger partial charge is 0.255 e. The van der Waals surface area contributed by atoms with Crippen LogP contribution in [0.25, 0.3) is 0 Å². The van der Waals surface area contributed by atoms with E-state index in [0.717, 1.165) is 16.7 Å². The third-order valence-corrected chi connectivity index (χ3v) is 5.53. The van der Waals surface area contributed by atoms with Crippen LogP contribution in [0.2, 0.25) is 0 Å². The quantitative estimate of drug-likeness (QED) is 0.625. The lowest BCUT2D eigenvalue weighted by Crippen LogP contribution is -2.34. The number of halogens is 1. The first kappa shape index (κ1) is 20.6. The minimum atomic E-state index is -0.502. The molecular weight excluding hydrogens is 395 g/mol. The van der Waals surface area contributed by atoms with Crippen LogP contribution in [0.1, 0.15) is 39.5 Å². The summed E-state index contributed by atoms with van der Waals surface area (Å²) in [6.45, 7) is 0.726. The van der Waals surface area contributed by atoms with Gasteiger partial charge in [-0.15, -0.1) is 0 Å². The highest BCUT2D eigenvalue weighted by molar-refractivity contribution is 5.98. The van der Waals surface area contributed by atoms with Crippen LogP contribution in [0, 0.1) is 5.82 Å². The summed E-state index contributed by atoms with van der Waals surface area (Å²) in [6, 6.07) is 20.3. The predicted octanol–water partition coefficient (Wildman–Crippen LogP) is 4.24. The minimum absolute atomic E-state index is 0.0700. The first-order chi connectivity index (χ1) is 15.1. The SMILES string of the molecule is COc1ccccc1CNC(=O)C[C@@H](c1ccc(F)cc1)N1Cc2ccccc2C1=O. The molecular formula is C25H23FN2O3. The van der Waals surface area contributed by atoms with E-state index in [1.807, 2.05) is 42.5 Å². The molecule has 3 aromatic carbocycles. The van der Waals surface area contributed by atoms with Gasteiger partial charge in [-0.3, -0.25) is 9.59 Å². The average Bonchev–Trinajstić information content (AvgIpc) is 3.13. The number of hydrogen-bond acceptors (Lipinski definition) is 3. The van der Waals surface area contributed by atoms with Crippen molar-refractivity contribution in [1.82, 2.24) is 10.2 Å². The molecule has 0 fully saturated rings. The molecule has 0 unspecified atom stereocenters. The van der Waals surface area contributed by atoms with Gasteiger partial charge in [-0.25, -0.2) is 4.39 Å². The molecule has 1 N–H and O–H groups in total.